The van der Waals surface area contributed by atoms with Gasteiger partial charge in [0.15, 0.2) is 8.46 Å². The maximum Gasteiger partial charge on any atom is 0.311 e. The normalized spacial score (nSPS) is 9.85. The van der Waals surface area contributed by atoms with Crippen molar-refractivity contribution in [3.63, 3.8) is 0 Å². The van der Waals surface area contributed by atoms with E-state index in [4.69, 9.17) is 4.74 Å². The molecular weight excluding hydrogens is 187 g/mol. The van der Waals surface area contributed by atoms with Crippen LogP contribution in [-0.4, -0.2) is 12.1 Å². The van der Waals surface area contributed by atoms with E-state index in [1.807, 2.05) is 6.07 Å². The summed E-state index contributed by atoms with van der Waals surface area (Å²) in [7, 11) is -0.0249. The number of ether oxygens (including phenoxy) is 1. The first-order valence-electron chi connectivity index (χ1n) is 3.88. The molecule has 0 atom stereocenters. The van der Waals surface area contributed by atoms with E-state index in [0.717, 1.165) is 0 Å². The third kappa shape index (κ3) is 3.81. The Kier molecular flexibility index (Phi) is 4.13. The number of hydrogen-bond acceptors (Lipinski definition) is 3. The van der Waals surface area contributed by atoms with Crippen LogP contribution in [0.4, 0.5) is 0 Å². The number of carbonyl (C=O) groups is 1. The Hall–Kier alpha value is -1.21. The van der Waals surface area contributed by atoms with Crippen LogP contribution in [0.5, 0.6) is 5.75 Å². The number of carbonyl (C=O) groups excluding carboxylic acids is 1. The molecule has 3 nitrogen and oxygen atoms in total. The highest BCUT2D eigenvalue weighted by Gasteiger charge is 2.02. The van der Waals surface area contributed by atoms with E-state index >= 15 is 0 Å². The van der Waals surface area contributed by atoms with Crippen molar-refractivity contribution >= 4 is 14.4 Å². The molecule has 0 saturated carbocycles. The summed E-state index contributed by atoms with van der Waals surface area (Å²) in [6, 6.07) is 8.82. The Balaban J connectivity index is 2.41. The minimum atomic E-state index is -0.352. The number of rotatable bonds is 4. The van der Waals surface area contributed by atoms with Crippen molar-refractivity contribution in [1.29, 1.82) is 0 Å². The quantitative estimate of drug-likeness (QED) is 0.421. The Morgan fingerprint density at radius 1 is 1.31 bits per heavy atom. The Bertz CT molecular complexity index is 284. The molecule has 0 aliphatic heterocycles. The zero-order chi connectivity index (χ0) is 9.52. The van der Waals surface area contributed by atoms with Crippen LogP contribution in [0, 0.1) is 0 Å². The van der Waals surface area contributed by atoms with Crippen LogP contribution in [0.2, 0.25) is 0 Å². The van der Waals surface area contributed by atoms with E-state index in [1.165, 1.54) is 0 Å². The van der Waals surface area contributed by atoms with Gasteiger partial charge in [-0.25, -0.2) is 0 Å². The lowest BCUT2D eigenvalue weighted by molar-refractivity contribution is -0.133. The van der Waals surface area contributed by atoms with Crippen molar-refractivity contribution in [3.8, 4) is 5.75 Å². The summed E-state index contributed by atoms with van der Waals surface area (Å²) < 4.78 is 15.0. The average molecular weight is 196 g/mol. The van der Waals surface area contributed by atoms with Crippen LogP contribution in [0.25, 0.3) is 0 Å². The molecule has 0 bridgehead atoms. The summed E-state index contributed by atoms with van der Waals surface area (Å²) in [5.74, 6) is 0.171. The molecule has 0 aliphatic rings. The van der Waals surface area contributed by atoms with Gasteiger partial charge >= 0.3 is 5.97 Å². The summed E-state index contributed by atoms with van der Waals surface area (Å²) in [5, 5.41) is 0. The first-order chi connectivity index (χ1) is 6.33. The molecule has 1 aromatic rings. The van der Waals surface area contributed by atoms with Crippen molar-refractivity contribution in [2.24, 2.45) is 0 Å². The topological polar surface area (TPSA) is 43.4 Å². The fourth-order valence-electron chi connectivity index (χ4n) is 0.808. The van der Waals surface area contributed by atoms with E-state index in [1.54, 1.807) is 24.3 Å². The second-order valence-electron chi connectivity index (χ2n) is 2.39. The van der Waals surface area contributed by atoms with Gasteiger partial charge in [0, 0.05) is 6.16 Å². The maximum absolute atomic E-state index is 11.0. The fourth-order valence-corrected chi connectivity index (χ4v) is 1.08. The van der Waals surface area contributed by atoms with E-state index in [2.05, 4.69) is 0 Å². The van der Waals surface area contributed by atoms with Gasteiger partial charge in [0.2, 0.25) is 0 Å². The number of esters is 1. The summed E-state index contributed by atoms with van der Waals surface area (Å²) in [5.41, 5.74) is 0. The standard InChI is InChI=1S/C9H9O3P/c10-9(6-7-13-11)12-8-4-2-1-3-5-8/h1-5H,6-7H2. The summed E-state index contributed by atoms with van der Waals surface area (Å²) in [6.07, 6.45) is 0.492. The van der Waals surface area contributed by atoms with Crippen LogP contribution in [0.15, 0.2) is 30.3 Å². The van der Waals surface area contributed by atoms with Gasteiger partial charge in [-0.05, 0) is 12.1 Å². The Labute approximate surface area is 77.9 Å². The minimum Gasteiger partial charge on any atom is -0.427 e. The number of benzene rings is 1. The van der Waals surface area contributed by atoms with E-state index in [0.29, 0.717) is 11.9 Å². The van der Waals surface area contributed by atoms with Crippen molar-refractivity contribution in [3.05, 3.63) is 30.3 Å². The molecule has 0 amide bonds. The first kappa shape index (κ1) is 9.87. The van der Waals surface area contributed by atoms with Crippen LogP contribution < -0.4 is 4.74 Å². The van der Waals surface area contributed by atoms with Crippen LogP contribution in [0.3, 0.4) is 0 Å². The van der Waals surface area contributed by atoms with Crippen molar-refractivity contribution in [2.75, 3.05) is 6.16 Å². The van der Waals surface area contributed by atoms with Crippen LogP contribution in [0.1, 0.15) is 6.42 Å². The average Bonchev–Trinajstić information content (AvgIpc) is 2.16. The summed E-state index contributed by atoms with van der Waals surface area (Å²) in [6.45, 7) is 0. The lowest BCUT2D eigenvalue weighted by Crippen LogP contribution is -2.07. The molecule has 1 rings (SSSR count). The van der Waals surface area contributed by atoms with Crippen LogP contribution >= 0.6 is 8.46 Å². The van der Waals surface area contributed by atoms with Crippen molar-refractivity contribution < 1.29 is 14.1 Å². The molecule has 0 heterocycles. The van der Waals surface area contributed by atoms with Gasteiger partial charge in [-0.3, -0.25) is 9.36 Å². The zero-order valence-corrected chi connectivity index (χ0v) is 7.87. The first-order valence-corrected chi connectivity index (χ1v) is 4.87. The van der Waals surface area contributed by atoms with Gasteiger partial charge in [0.25, 0.3) is 0 Å². The fraction of sp³-hybridized carbons (Fsp3) is 0.222. The number of hydrogen-bond donors (Lipinski definition) is 0. The molecule has 1 aromatic carbocycles. The monoisotopic (exact) mass is 196 g/mol. The Morgan fingerprint density at radius 3 is 2.62 bits per heavy atom. The highest BCUT2D eigenvalue weighted by Crippen LogP contribution is 2.09. The zero-order valence-electron chi connectivity index (χ0n) is 6.97. The van der Waals surface area contributed by atoms with Gasteiger partial charge in [0.1, 0.15) is 5.75 Å². The molecule has 0 fully saturated rings. The van der Waals surface area contributed by atoms with Gasteiger partial charge in [-0.1, -0.05) is 18.2 Å². The minimum absolute atomic E-state index is 0.0249. The predicted molar refractivity (Wildman–Crippen MR) is 49.2 cm³/mol. The van der Waals surface area contributed by atoms with Crippen molar-refractivity contribution in [2.45, 2.75) is 6.42 Å². The molecule has 0 unspecified atom stereocenters. The Morgan fingerprint density at radius 2 is 2.00 bits per heavy atom. The molecule has 0 radical (unpaired) electrons. The third-order valence-electron chi connectivity index (χ3n) is 1.38. The second kappa shape index (κ2) is 5.44. The third-order valence-corrected chi connectivity index (χ3v) is 1.79. The molecule has 0 aliphatic carbocycles. The lowest BCUT2D eigenvalue weighted by atomic mass is 10.3. The van der Waals surface area contributed by atoms with E-state index in [-0.39, 0.29) is 20.9 Å². The largest absolute Gasteiger partial charge is 0.427 e. The molecule has 0 saturated heterocycles. The van der Waals surface area contributed by atoms with Crippen molar-refractivity contribution in [1.82, 2.24) is 0 Å². The lowest BCUT2D eigenvalue weighted by Gasteiger charge is -2.00. The molecule has 0 aromatic heterocycles. The summed E-state index contributed by atoms with van der Waals surface area (Å²) in [4.78, 5) is 11.0. The highest BCUT2D eigenvalue weighted by atomic mass is 31.1. The smallest absolute Gasteiger partial charge is 0.311 e. The van der Waals surface area contributed by atoms with E-state index < -0.39 is 0 Å². The van der Waals surface area contributed by atoms with E-state index in [9.17, 15) is 9.36 Å². The van der Waals surface area contributed by atoms with Gasteiger partial charge in [-0.15, -0.1) is 0 Å². The molecule has 13 heavy (non-hydrogen) atoms. The SMILES string of the molecule is O=PCCC(=O)Oc1ccccc1. The maximum atomic E-state index is 11.0. The molecule has 68 valence electrons. The van der Waals surface area contributed by atoms with Gasteiger partial charge in [-0.2, -0.15) is 0 Å². The molecule has 0 N–H and O–H groups in total. The molecule has 0 spiro atoms. The highest BCUT2D eigenvalue weighted by molar-refractivity contribution is 7.23. The van der Waals surface area contributed by atoms with Crippen LogP contribution in [-0.2, 0) is 9.36 Å². The van der Waals surface area contributed by atoms with Gasteiger partial charge < -0.3 is 4.74 Å². The molecular formula is C9H9O3P. The van der Waals surface area contributed by atoms with Gasteiger partial charge in [0.05, 0.1) is 6.42 Å². The molecule has 4 heteroatoms. The summed E-state index contributed by atoms with van der Waals surface area (Å²) >= 11 is 0. The second-order valence-corrected chi connectivity index (χ2v) is 3.10. The predicted octanol–water partition coefficient (Wildman–Crippen LogP) is 2.27. The number of para-hydroxylation sites is 1.